The van der Waals surface area contributed by atoms with Gasteiger partial charge in [0.2, 0.25) is 0 Å². The van der Waals surface area contributed by atoms with Crippen LogP contribution in [-0.2, 0) is 0 Å². The number of aryl methyl sites for hydroxylation is 1. The largest absolute Gasteiger partial charge is 0.488 e. The number of halogens is 1. The van der Waals surface area contributed by atoms with Crippen molar-refractivity contribution in [3.8, 4) is 5.75 Å². The molecule has 2 nitrogen and oxygen atoms in total. The summed E-state index contributed by atoms with van der Waals surface area (Å²) in [5.74, 6) is 0.858. The molecule has 0 aliphatic heterocycles. The van der Waals surface area contributed by atoms with E-state index in [0.717, 1.165) is 41.5 Å². The Hall–Kier alpha value is -0.540. The molecule has 0 saturated heterocycles. The van der Waals surface area contributed by atoms with Crippen molar-refractivity contribution in [1.29, 1.82) is 0 Å². The van der Waals surface area contributed by atoms with Gasteiger partial charge in [0, 0.05) is 4.47 Å². The third-order valence-corrected chi connectivity index (χ3v) is 4.22. The summed E-state index contributed by atoms with van der Waals surface area (Å²) in [5.41, 5.74) is 1.16. The van der Waals surface area contributed by atoms with Gasteiger partial charge in [-0.1, -0.05) is 28.8 Å². The Bertz CT molecular complexity index is 378. The van der Waals surface area contributed by atoms with E-state index >= 15 is 0 Å². The Kier molecular flexibility index (Phi) is 4.46. The highest BCUT2D eigenvalue weighted by molar-refractivity contribution is 9.10. The Morgan fingerprint density at radius 2 is 2.00 bits per heavy atom. The van der Waals surface area contributed by atoms with Crippen molar-refractivity contribution in [3.05, 3.63) is 28.2 Å². The van der Waals surface area contributed by atoms with Crippen LogP contribution < -0.4 is 4.74 Å². The lowest BCUT2D eigenvalue weighted by atomic mass is 10.1. The van der Waals surface area contributed by atoms with E-state index in [1.165, 1.54) is 6.42 Å². The molecule has 1 aliphatic rings. The van der Waals surface area contributed by atoms with Crippen LogP contribution in [-0.4, -0.2) is 17.3 Å². The summed E-state index contributed by atoms with van der Waals surface area (Å²) >= 11 is 3.47. The first-order valence-electron chi connectivity index (χ1n) is 6.27. The van der Waals surface area contributed by atoms with Crippen LogP contribution in [0.3, 0.4) is 0 Å². The van der Waals surface area contributed by atoms with Crippen LogP contribution in [0.15, 0.2) is 22.7 Å². The zero-order chi connectivity index (χ0) is 12.3. The second-order valence-corrected chi connectivity index (χ2v) is 5.63. The zero-order valence-corrected chi connectivity index (χ0v) is 11.7. The average Bonchev–Trinajstić information content (AvgIpc) is 2.50. The van der Waals surface area contributed by atoms with E-state index in [2.05, 4.69) is 15.9 Å². The first kappa shape index (κ1) is 12.9. The molecule has 0 heterocycles. The highest BCUT2D eigenvalue weighted by atomic mass is 79.9. The number of hydrogen-bond acceptors (Lipinski definition) is 2. The van der Waals surface area contributed by atoms with Gasteiger partial charge in [-0.25, -0.2) is 0 Å². The third-order valence-electron chi connectivity index (χ3n) is 3.33. The van der Waals surface area contributed by atoms with E-state index in [4.69, 9.17) is 4.74 Å². The monoisotopic (exact) mass is 298 g/mol. The molecule has 1 saturated carbocycles. The molecule has 0 radical (unpaired) electrons. The molecule has 2 atom stereocenters. The molecule has 2 unspecified atom stereocenters. The van der Waals surface area contributed by atoms with Gasteiger partial charge in [0.1, 0.15) is 11.9 Å². The molecule has 0 aromatic heterocycles. The fraction of sp³-hybridized carbons (Fsp3) is 0.571. The molecule has 94 valence electrons. The first-order valence-corrected chi connectivity index (χ1v) is 7.07. The fourth-order valence-corrected chi connectivity index (χ4v) is 2.50. The van der Waals surface area contributed by atoms with Gasteiger partial charge in [-0.15, -0.1) is 0 Å². The normalized spacial score (nSPS) is 25.4. The molecule has 1 aliphatic carbocycles. The molecular formula is C14H19BrO2. The maximum Gasteiger partial charge on any atom is 0.124 e. The molecule has 17 heavy (non-hydrogen) atoms. The molecule has 0 amide bonds. The van der Waals surface area contributed by atoms with Crippen LogP contribution in [0.4, 0.5) is 0 Å². The second-order valence-electron chi connectivity index (χ2n) is 4.77. The summed E-state index contributed by atoms with van der Waals surface area (Å²) < 4.78 is 7.00. The van der Waals surface area contributed by atoms with Crippen molar-refractivity contribution in [2.45, 2.75) is 51.2 Å². The van der Waals surface area contributed by atoms with Crippen molar-refractivity contribution in [2.75, 3.05) is 0 Å². The van der Waals surface area contributed by atoms with Gasteiger partial charge < -0.3 is 9.84 Å². The summed E-state index contributed by atoms with van der Waals surface area (Å²) in [7, 11) is 0. The van der Waals surface area contributed by atoms with Crippen molar-refractivity contribution in [1.82, 2.24) is 0 Å². The van der Waals surface area contributed by atoms with E-state index in [1.54, 1.807) is 0 Å². The Morgan fingerprint density at radius 1 is 1.24 bits per heavy atom. The minimum Gasteiger partial charge on any atom is -0.488 e. The van der Waals surface area contributed by atoms with Gasteiger partial charge in [0.05, 0.1) is 6.10 Å². The molecule has 3 heteroatoms. The standard InChI is InChI=1S/C14H19BrO2/c1-10-9-11(7-8-12(10)15)17-14-6-4-2-3-5-13(14)16/h7-9,13-14,16H,2-6H2,1H3. The van der Waals surface area contributed by atoms with E-state index < -0.39 is 0 Å². The SMILES string of the molecule is Cc1cc(OC2CCCCCC2O)ccc1Br. The summed E-state index contributed by atoms with van der Waals surface area (Å²) in [6.07, 6.45) is 4.92. The molecule has 1 aromatic rings. The van der Waals surface area contributed by atoms with Crippen LogP contribution in [0.1, 0.15) is 37.7 Å². The van der Waals surface area contributed by atoms with Crippen LogP contribution >= 0.6 is 15.9 Å². The lowest BCUT2D eigenvalue weighted by Gasteiger charge is -2.22. The fourth-order valence-electron chi connectivity index (χ4n) is 2.26. The maximum atomic E-state index is 10.00. The zero-order valence-electron chi connectivity index (χ0n) is 10.2. The van der Waals surface area contributed by atoms with Crippen LogP contribution in [0.25, 0.3) is 0 Å². The number of aliphatic hydroxyl groups is 1. The summed E-state index contributed by atoms with van der Waals surface area (Å²) in [6, 6.07) is 5.96. The minimum absolute atomic E-state index is 0.0434. The van der Waals surface area contributed by atoms with Gasteiger partial charge in [0.15, 0.2) is 0 Å². The summed E-state index contributed by atoms with van der Waals surface area (Å²) in [5, 5.41) is 10.00. The number of hydrogen-bond donors (Lipinski definition) is 1. The molecular weight excluding hydrogens is 280 g/mol. The van der Waals surface area contributed by atoms with Crippen molar-refractivity contribution >= 4 is 15.9 Å². The van der Waals surface area contributed by atoms with Crippen LogP contribution in [0.2, 0.25) is 0 Å². The highest BCUT2D eigenvalue weighted by Gasteiger charge is 2.23. The topological polar surface area (TPSA) is 29.5 Å². The number of rotatable bonds is 2. The molecule has 1 fully saturated rings. The Balaban J connectivity index is 2.05. The van der Waals surface area contributed by atoms with Crippen molar-refractivity contribution in [3.63, 3.8) is 0 Å². The Morgan fingerprint density at radius 3 is 2.76 bits per heavy atom. The quantitative estimate of drug-likeness (QED) is 0.841. The van der Waals surface area contributed by atoms with E-state index in [0.29, 0.717) is 0 Å². The molecule has 2 rings (SSSR count). The number of aliphatic hydroxyl groups excluding tert-OH is 1. The minimum atomic E-state index is -0.318. The van der Waals surface area contributed by atoms with Crippen LogP contribution in [0.5, 0.6) is 5.75 Å². The molecule has 1 N–H and O–H groups in total. The molecule has 0 spiro atoms. The lowest BCUT2D eigenvalue weighted by Crippen LogP contribution is -2.30. The van der Waals surface area contributed by atoms with Crippen molar-refractivity contribution in [2.24, 2.45) is 0 Å². The van der Waals surface area contributed by atoms with E-state index in [-0.39, 0.29) is 12.2 Å². The number of benzene rings is 1. The predicted octanol–water partition coefficient (Wildman–Crippen LogP) is 3.83. The van der Waals surface area contributed by atoms with Gasteiger partial charge >= 0.3 is 0 Å². The highest BCUT2D eigenvalue weighted by Crippen LogP contribution is 2.26. The molecule has 0 bridgehead atoms. The predicted molar refractivity (Wildman–Crippen MR) is 72.4 cm³/mol. The number of ether oxygens (including phenoxy) is 1. The van der Waals surface area contributed by atoms with Gasteiger partial charge in [-0.05, 0) is 49.9 Å². The molecule has 1 aromatic carbocycles. The van der Waals surface area contributed by atoms with Gasteiger partial charge in [-0.3, -0.25) is 0 Å². The van der Waals surface area contributed by atoms with Crippen molar-refractivity contribution < 1.29 is 9.84 Å². The average molecular weight is 299 g/mol. The van der Waals surface area contributed by atoms with Gasteiger partial charge in [0.25, 0.3) is 0 Å². The second kappa shape index (κ2) is 5.87. The summed E-state index contributed by atoms with van der Waals surface area (Å²) in [4.78, 5) is 0. The third kappa shape index (κ3) is 3.46. The first-order chi connectivity index (χ1) is 8.16. The van der Waals surface area contributed by atoms with E-state index in [9.17, 15) is 5.11 Å². The maximum absolute atomic E-state index is 10.00. The van der Waals surface area contributed by atoms with Gasteiger partial charge in [-0.2, -0.15) is 0 Å². The van der Waals surface area contributed by atoms with Crippen LogP contribution in [0, 0.1) is 6.92 Å². The smallest absolute Gasteiger partial charge is 0.124 e. The lowest BCUT2D eigenvalue weighted by molar-refractivity contribution is 0.0319. The van der Waals surface area contributed by atoms with E-state index in [1.807, 2.05) is 25.1 Å². The Labute approximate surface area is 111 Å². The summed E-state index contributed by atoms with van der Waals surface area (Å²) in [6.45, 7) is 2.04.